The van der Waals surface area contributed by atoms with Crippen LogP contribution in [0, 0.1) is 7.14 Å². The fraction of sp³-hybridized carbons (Fsp3) is 0. The Morgan fingerprint density at radius 3 is 2.50 bits per heavy atom. The molecule has 1 N–H and O–H groups in total. The highest BCUT2D eigenvalue weighted by atomic mass is 127. The van der Waals surface area contributed by atoms with Crippen LogP contribution >= 0.6 is 45.2 Å². The van der Waals surface area contributed by atoms with Crippen molar-refractivity contribution in [2.24, 2.45) is 0 Å². The van der Waals surface area contributed by atoms with Crippen molar-refractivity contribution >= 4 is 51.2 Å². The molecule has 0 bridgehead atoms. The van der Waals surface area contributed by atoms with Crippen molar-refractivity contribution in [3.63, 3.8) is 0 Å². The van der Waals surface area contributed by atoms with Crippen LogP contribution in [-0.2, 0) is 0 Å². The van der Waals surface area contributed by atoms with Crippen LogP contribution < -0.4 is 4.74 Å². The molecule has 5 nitrogen and oxygen atoms in total. The maximum atomic E-state index is 10.9. The van der Waals surface area contributed by atoms with E-state index in [0.717, 1.165) is 7.14 Å². The molecule has 0 saturated heterocycles. The number of nitrogens with zero attached hydrogens (tertiary/aromatic N) is 2. The number of hydrogen-bond acceptors (Lipinski definition) is 4. The smallest absolute Gasteiger partial charge is 0.335 e. The molecule has 0 fully saturated rings. The molecule has 0 amide bonds. The molecule has 2 aromatic rings. The van der Waals surface area contributed by atoms with E-state index in [0.29, 0.717) is 5.75 Å². The predicted molar refractivity (Wildman–Crippen MR) is 80.9 cm³/mol. The molecule has 0 spiro atoms. The second-order valence-electron chi connectivity index (χ2n) is 3.24. The van der Waals surface area contributed by atoms with Gasteiger partial charge in [0.15, 0.2) is 0 Å². The Balaban J connectivity index is 2.30. The third kappa shape index (κ3) is 3.28. The van der Waals surface area contributed by atoms with E-state index in [1.165, 1.54) is 12.1 Å². The largest absolute Gasteiger partial charge is 0.478 e. The Bertz CT molecular complexity index is 587. The maximum Gasteiger partial charge on any atom is 0.335 e. The molecule has 1 heterocycles. The summed E-state index contributed by atoms with van der Waals surface area (Å²) in [6, 6.07) is 4.83. The fourth-order valence-corrected chi connectivity index (χ4v) is 1.89. The first-order valence-corrected chi connectivity index (χ1v) is 6.90. The lowest BCUT2D eigenvalue weighted by molar-refractivity contribution is 0.0696. The lowest BCUT2D eigenvalue weighted by atomic mass is 10.2. The molecule has 18 heavy (non-hydrogen) atoms. The zero-order chi connectivity index (χ0) is 13.1. The first-order valence-electron chi connectivity index (χ1n) is 4.74. The number of halogens is 2. The van der Waals surface area contributed by atoms with Crippen molar-refractivity contribution in [3.8, 4) is 11.8 Å². The van der Waals surface area contributed by atoms with E-state index < -0.39 is 5.97 Å². The van der Waals surface area contributed by atoms with Gasteiger partial charge in [-0.05, 0) is 63.4 Å². The summed E-state index contributed by atoms with van der Waals surface area (Å²) >= 11 is 4.15. The second kappa shape index (κ2) is 5.78. The van der Waals surface area contributed by atoms with E-state index >= 15 is 0 Å². The zero-order valence-corrected chi connectivity index (χ0v) is 13.1. The van der Waals surface area contributed by atoms with Crippen LogP contribution in [0.1, 0.15) is 10.4 Å². The molecular formula is C11H6I2N2O3. The van der Waals surface area contributed by atoms with Gasteiger partial charge < -0.3 is 9.84 Å². The highest BCUT2D eigenvalue weighted by Gasteiger charge is 2.09. The van der Waals surface area contributed by atoms with E-state index in [9.17, 15) is 4.79 Å². The summed E-state index contributed by atoms with van der Waals surface area (Å²) < 4.78 is 7.15. The highest BCUT2D eigenvalue weighted by Crippen LogP contribution is 2.26. The number of aromatic nitrogens is 2. The number of carboxylic acids is 1. The van der Waals surface area contributed by atoms with Gasteiger partial charge in [0.1, 0.15) is 5.75 Å². The monoisotopic (exact) mass is 468 g/mol. The Morgan fingerprint density at radius 1 is 1.22 bits per heavy atom. The predicted octanol–water partition coefficient (Wildman–Crippen LogP) is 3.18. The van der Waals surface area contributed by atoms with Crippen molar-refractivity contribution < 1.29 is 14.6 Å². The van der Waals surface area contributed by atoms with Gasteiger partial charge in [-0.2, -0.15) is 0 Å². The minimum atomic E-state index is -1.00. The minimum Gasteiger partial charge on any atom is -0.478 e. The quantitative estimate of drug-likeness (QED) is 0.702. The number of aromatic carboxylic acids is 1. The van der Waals surface area contributed by atoms with Crippen molar-refractivity contribution in [2.45, 2.75) is 0 Å². The Labute approximate surface area is 130 Å². The normalized spacial score (nSPS) is 10.1. The molecule has 0 atom stereocenters. The summed E-state index contributed by atoms with van der Waals surface area (Å²) in [6.45, 7) is 0. The van der Waals surface area contributed by atoms with Gasteiger partial charge in [0, 0.05) is 16.0 Å². The summed E-state index contributed by atoms with van der Waals surface area (Å²) in [5.74, 6) is -0.573. The lowest BCUT2D eigenvalue weighted by Gasteiger charge is -2.06. The average molecular weight is 468 g/mol. The van der Waals surface area contributed by atoms with Crippen molar-refractivity contribution in [3.05, 3.63) is 43.3 Å². The SMILES string of the molecule is O=C(O)c1ccc(I)c(Oc2ncc(I)cn2)c1. The van der Waals surface area contributed by atoms with Crippen LogP contribution in [0.5, 0.6) is 11.8 Å². The van der Waals surface area contributed by atoms with Gasteiger partial charge in [-0.25, -0.2) is 14.8 Å². The molecule has 0 aliphatic carbocycles. The zero-order valence-electron chi connectivity index (χ0n) is 8.80. The molecule has 0 unspecified atom stereocenters. The summed E-state index contributed by atoms with van der Waals surface area (Å²) in [6.07, 6.45) is 3.24. The molecular weight excluding hydrogens is 462 g/mol. The number of carbonyl (C=O) groups is 1. The molecule has 0 aliphatic rings. The third-order valence-corrected chi connectivity index (χ3v) is 3.42. The number of benzene rings is 1. The van der Waals surface area contributed by atoms with Gasteiger partial charge in [-0.1, -0.05) is 0 Å². The molecule has 1 aromatic heterocycles. The molecule has 0 saturated carbocycles. The number of carboxylic acid groups (broad SMARTS) is 1. The number of ether oxygens (including phenoxy) is 1. The van der Waals surface area contributed by atoms with Gasteiger partial charge in [-0.15, -0.1) is 0 Å². The van der Waals surface area contributed by atoms with Gasteiger partial charge in [0.25, 0.3) is 0 Å². The van der Waals surface area contributed by atoms with Gasteiger partial charge >= 0.3 is 12.0 Å². The molecule has 92 valence electrons. The van der Waals surface area contributed by atoms with E-state index in [2.05, 4.69) is 55.1 Å². The van der Waals surface area contributed by atoms with E-state index in [1.54, 1.807) is 18.5 Å². The Morgan fingerprint density at radius 2 is 1.89 bits per heavy atom. The molecule has 0 radical (unpaired) electrons. The van der Waals surface area contributed by atoms with Crippen molar-refractivity contribution in [1.82, 2.24) is 9.97 Å². The molecule has 1 aromatic carbocycles. The first kappa shape index (κ1) is 13.5. The topological polar surface area (TPSA) is 72.3 Å². The van der Waals surface area contributed by atoms with Crippen LogP contribution in [0.15, 0.2) is 30.6 Å². The molecule has 7 heteroatoms. The standard InChI is InChI=1S/C11H6I2N2O3/c12-7-4-14-11(15-5-7)18-9-3-6(10(16)17)1-2-8(9)13/h1-5H,(H,16,17). The lowest BCUT2D eigenvalue weighted by Crippen LogP contribution is -1.99. The molecule has 0 aliphatic heterocycles. The van der Waals surface area contributed by atoms with Gasteiger partial charge in [-0.3, -0.25) is 0 Å². The van der Waals surface area contributed by atoms with Crippen molar-refractivity contribution in [1.29, 1.82) is 0 Å². The van der Waals surface area contributed by atoms with Gasteiger partial charge in [0.2, 0.25) is 0 Å². The van der Waals surface area contributed by atoms with Crippen LogP contribution in [0.25, 0.3) is 0 Å². The summed E-state index contributed by atoms with van der Waals surface area (Å²) in [5, 5.41) is 8.91. The summed E-state index contributed by atoms with van der Waals surface area (Å²) in [5.41, 5.74) is 0.163. The fourth-order valence-electron chi connectivity index (χ4n) is 1.17. The number of rotatable bonds is 3. The average Bonchev–Trinajstić information content (AvgIpc) is 2.34. The highest BCUT2D eigenvalue weighted by molar-refractivity contribution is 14.1. The number of hydrogen-bond donors (Lipinski definition) is 1. The summed E-state index contributed by atoms with van der Waals surface area (Å²) in [7, 11) is 0. The van der Waals surface area contributed by atoms with Crippen molar-refractivity contribution in [2.75, 3.05) is 0 Å². The maximum absolute atomic E-state index is 10.9. The van der Waals surface area contributed by atoms with E-state index in [1.807, 2.05) is 0 Å². The van der Waals surface area contributed by atoms with Crippen LogP contribution in [0.4, 0.5) is 0 Å². The van der Waals surface area contributed by atoms with Crippen LogP contribution in [0.2, 0.25) is 0 Å². The Kier molecular flexibility index (Phi) is 4.32. The van der Waals surface area contributed by atoms with E-state index in [-0.39, 0.29) is 11.6 Å². The first-order chi connectivity index (χ1) is 8.56. The van der Waals surface area contributed by atoms with Gasteiger partial charge in [0.05, 0.1) is 9.13 Å². The van der Waals surface area contributed by atoms with Crippen LogP contribution in [0.3, 0.4) is 0 Å². The summed E-state index contributed by atoms with van der Waals surface area (Å²) in [4.78, 5) is 18.9. The van der Waals surface area contributed by atoms with E-state index in [4.69, 9.17) is 9.84 Å². The molecule has 2 rings (SSSR count). The third-order valence-electron chi connectivity index (χ3n) is 1.98. The second-order valence-corrected chi connectivity index (χ2v) is 5.64. The minimum absolute atomic E-state index is 0.163. The Hall–Kier alpha value is -0.970. The van der Waals surface area contributed by atoms with Crippen LogP contribution in [-0.4, -0.2) is 21.0 Å².